The molecule has 172 valence electrons. The molecule has 0 saturated carbocycles. The third-order valence-electron chi connectivity index (χ3n) is 5.46. The molecule has 9 heteroatoms. The summed E-state index contributed by atoms with van der Waals surface area (Å²) < 4.78 is 10.8. The second kappa shape index (κ2) is 9.95. The largest absolute Gasteiger partial charge is 0.494 e. The Balaban J connectivity index is 1.75. The number of hydrogen-bond acceptors (Lipinski definition) is 5. The fraction of sp³-hybridized carbons (Fsp3) is 0.292. The number of aromatic nitrogens is 2. The van der Waals surface area contributed by atoms with Crippen LogP contribution in [-0.4, -0.2) is 54.5 Å². The predicted octanol–water partition coefficient (Wildman–Crippen LogP) is 4.61. The van der Waals surface area contributed by atoms with Crippen molar-refractivity contribution in [2.45, 2.75) is 17.3 Å². The number of carbonyl (C=O) groups excluding carboxylic acids is 1. The number of alkyl halides is 1. The van der Waals surface area contributed by atoms with Gasteiger partial charge < -0.3 is 19.8 Å². The van der Waals surface area contributed by atoms with Gasteiger partial charge in [-0.1, -0.05) is 53.5 Å². The van der Waals surface area contributed by atoms with Gasteiger partial charge in [-0.15, -0.1) is 0 Å². The molecule has 2 N–H and O–H groups in total. The number of nitrogens with one attached hydrogen (secondary N) is 2. The highest BCUT2D eigenvalue weighted by atomic mass is 35.5. The van der Waals surface area contributed by atoms with Gasteiger partial charge in [0.15, 0.2) is 5.00 Å². The molecule has 2 unspecified atom stereocenters. The number of methoxy groups -OCH3 is 2. The number of H-pyrrole nitrogens is 1. The number of imidazole rings is 1. The normalized spacial score (nSPS) is 18.7. The van der Waals surface area contributed by atoms with Crippen LogP contribution in [0.5, 0.6) is 5.75 Å². The lowest BCUT2D eigenvalue weighted by atomic mass is 9.95. The number of carbonyl (C=O) groups is 1. The molecule has 0 spiro atoms. The molecule has 4 rings (SSSR count). The molecular weight excluding hydrogens is 463 g/mol. The van der Waals surface area contributed by atoms with Gasteiger partial charge in [0, 0.05) is 25.8 Å². The summed E-state index contributed by atoms with van der Waals surface area (Å²) in [6.07, 6.45) is 3.79. The van der Waals surface area contributed by atoms with Crippen molar-refractivity contribution in [3.05, 3.63) is 70.5 Å². The van der Waals surface area contributed by atoms with Gasteiger partial charge in [0.2, 0.25) is 0 Å². The van der Waals surface area contributed by atoms with Crippen molar-refractivity contribution in [3.8, 4) is 5.75 Å². The van der Waals surface area contributed by atoms with Gasteiger partial charge in [-0.2, -0.15) is 0 Å². The van der Waals surface area contributed by atoms with E-state index in [4.69, 9.17) is 37.7 Å². The summed E-state index contributed by atoms with van der Waals surface area (Å²) in [5.41, 5.74) is 2.62. The highest BCUT2D eigenvalue weighted by molar-refractivity contribution is 6.40. The van der Waals surface area contributed by atoms with Crippen LogP contribution in [0.3, 0.4) is 0 Å². The molecule has 3 aromatic rings. The van der Waals surface area contributed by atoms with Gasteiger partial charge in [-0.25, -0.2) is 4.98 Å². The van der Waals surface area contributed by atoms with E-state index < -0.39 is 5.00 Å². The highest BCUT2D eigenvalue weighted by Crippen LogP contribution is 2.33. The third kappa shape index (κ3) is 5.05. The summed E-state index contributed by atoms with van der Waals surface area (Å²) in [4.78, 5) is 24.3. The van der Waals surface area contributed by atoms with E-state index in [1.807, 2.05) is 18.2 Å². The molecule has 0 radical (unpaired) electrons. The van der Waals surface area contributed by atoms with Gasteiger partial charge in [-0.3, -0.25) is 9.79 Å². The van der Waals surface area contributed by atoms with Crippen molar-refractivity contribution in [3.63, 3.8) is 0 Å². The minimum absolute atomic E-state index is 0.0482. The Morgan fingerprint density at radius 3 is 2.73 bits per heavy atom. The molecule has 1 aromatic heterocycles. The van der Waals surface area contributed by atoms with Crippen molar-refractivity contribution >= 4 is 46.4 Å². The van der Waals surface area contributed by atoms with Crippen LogP contribution in [0.15, 0.2) is 58.6 Å². The molecule has 0 fully saturated rings. The maximum Gasteiger partial charge on any atom is 0.255 e. The summed E-state index contributed by atoms with van der Waals surface area (Å²) in [7, 11) is 3.24. The van der Waals surface area contributed by atoms with Crippen molar-refractivity contribution in [2.24, 2.45) is 4.99 Å². The molecule has 33 heavy (non-hydrogen) atoms. The molecule has 0 bridgehead atoms. The number of benzene rings is 2. The first-order valence-corrected chi connectivity index (χ1v) is 11.2. The summed E-state index contributed by atoms with van der Waals surface area (Å²) in [5.74, 6) is 0.859. The zero-order chi connectivity index (χ0) is 23.4. The number of rotatable bonds is 8. The van der Waals surface area contributed by atoms with Crippen molar-refractivity contribution in [2.75, 3.05) is 27.4 Å². The lowest BCUT2D eigenvalue weighted by Gasteiger charge is -2.25. The molecule has 2 atom stereocenters. The van der Waals surface area contributed by atoms with E-state index in [9.17, 15) is 4.79 Å². The molecule has 7 nitrogen and oxygen atoms in total. The van der Waals surface area contributed by atoms with E-state index in [-0.39, 0.29) is 18.4 Å². The number of amides is 1. The number of allylic oxidation sites excluding steroid dienone is 1. The Labute approximate surface area is 201 Å². The number of dihydropyridines is 1. The average molecular weight is 487 g/mol. The van der Waals surface area contributed by atoms with Crippen LogP contribution in [0.25, 0.3) is 11.0 Å². The molecule has 0 aliphatic carbocycles. The first-order chi connectivity index (χ1) is 15.9. The number of nitrogens with zero attached hydrogens (tertiary/aromatic N) is 2. The van der Waals surface area contributed by atoms with Crippen LogP contribution in [-0.2, 0) is 4.74 Å². The number of fused-ring (bicyclic) bond motifs is 1. The average Bonchev–Trinajstić information content (AvgIpc) is 3.24. The Morgan fingerprint density at radius 2 is 2.03 bits per heavy atom. The van der Waals surface area contributed by atoms with Gasteiger partial charge in [-0.05, 0) is 30.2 Å². The summed E-state index contributed by atoms with van der Waals surface area (Å²) in [6.45, 7) is 0.737. The van der Waals surface area contributed by atoms with Crippen molar-refractivity contribution in [1.82, 2.24) is 15.3 Å². The Morgan fingerprint density at radius 1 is 1.24 bits per heavy atom. The highest BCUT2D eigenvalue weighted by Gasteiger charge is 2.31. The Bertz CT molecular complexity index is 1210. The number of halogens is 2. The van der Waals surface area contributed by atoms with Crippen molar-refractivity contribution < 1.29 is 14.3 Å². The fourth-order valence-electron chi connectivity index (χ4n) is 3.89. The second-order valence-corrected chi connectivity index (χ2v) is 8.83. The van der Waals surface area contributed by atoms with Gasteiger partial charge >= 0.3 is 0 Å². The first kappa shape index (κ1) is 23.3. The van der Waals surface area contributed by atoms with E-state index in [1.54, 1.807) is 32.4 Å². The topological polar surface area (TPSA) is 88.6 Å². The number of ether oxygens (including phenoxy) is 2. The Hall–Kier alpha value is -2.87. The van der Waals surface area contributed by atoms with E-state index >= 15 is 0 Å². The van der Waals surface area contributed by atoms with E-state index in [0.717, 1.165) is 17.8 Å². The zero-order valence-corrected chi connectivity index (χ0v) is 19.8. The lowest BCUT2D eigenvalue weighted by molar-refractivity contribution is 0.0940. The summed E-state index contributed by atoms with van der Waals surface area (Å²) in [6, 6.07) is 13.5. The number of aromatic amines is 1. The van der Waals surface area contributed by atoms with Crippen LogP contribution < -0.4 is 10.1 Å². The van der Waals surface area contributed by atoms with E-state index in [2.05, 4.69) is 27.4 Å². The monoisotopic (exact) mass is 486 g/mol. The minimum atomic E-state index is -1.21. The van der Waals surface area contributed by atoms with Crippen LogP contribution in [0.4, 0.5) is 0 Å². The third-order valence-corrected chi connectivity index (χ3v) is 5.99. The quantitative estimate of drug-likeness (QED) is 0.359. The standard InChI is InChI=1S/C24H24Cl2N4O3/c1-32-11-10-17(15-6-4-3-5-7-15)22-28-20-18(8-9-19(33-2)21(20)29-22)23(31)30-24(26)12-16(25)13-27-14-24/h3-9,12-13,17H,10-11,14H2,1-2H3,(H,28,29)(H,30,31). The molecule has 1 amide bonds. The lowest BCUT2D eigenvalue weighted by Crippen LogP contribution is -2.46. The molecule has 0 saturated heterocycles. The fourth-order valence-corrected chi connectivity index (χ4v) is 4.47. The molecule has 2 heterocycles. The van der Waals surface area contributed by atoms with Crippen LogP contribution in [0, 0.1) is 0 Å². The zero-order valence-electron chi connectivity index (χ0n) is 18.3. The molecule has 2 aromatic carbocycles. The molecular formula is C24H24Cl2N4O3. The predicted molar refractivity (Wildman–Crippen MR) is 131 cm³/mol. The van der Waals surface area contributed by atoms with Crippen molar-refractivity contribution in [1.29, 1.82) is 0 Å². The first-order valence-electron chi connectivity index (χ1n) is 10.4. The van der Waals surface area contributed by atoms with Gasteiger partial charge in [0.05, 0.1) is 29.8 Å². The maximum absolute atomic E-state index is 13.2. The smallest absolute Gasteiger partial charge is 0.255 e. The maximum atomic E-state index is 13.2. The molecule has 1 aliphatic rings. The molecule has 1 aliphatic heterocycles. The SMILES string of the molecule is COCCC(c1ccccc1)c1nc2c(OC)ccc(C(=O)NC3(Cl)C=C(Cl)C=NC3)c2[nH]1. The number of aliphatic imine (C=N–C) groups is 1. The van der Waals surface area contributed by atoms with Crippen LogP contribution >= 0.6 is 23.2 Å². The Kier molecular flexibility index (Phi) is 7.02. The summed E-state index contributed by atoms with van der Waals surface area (Å²) >= 11 is 12.6. The van der Waals surface area contributed by atoms with E-state index in [0.29, 0.717) is 34.0 Å². The summed E-state index contributed by atoms with van der Waals surface area (Å²) in [5, 5.41) is 3.18. The second-order valence-electron chi connectivity index (χ2n) is 7.72. The minimum Gasteiger partial charge on any atom is -0.494 e. The number of hydrogen-bond donors (Lipinski definition) is 2. The van der Waals surface area contributed by atoms with Crippen LogP contribution in [0.2, 0.25) is 0 Å². The van der Waals surface area contributed by atoms with Gasteiger partial charge in [0.25, 0.3) is 5.91 Å². The van der Waals surface area contributed by atoms with Crippen LogP contribution in [0.1, 0.15) is 34.1 Å². The van der Waals surface area contributed by atoms with Gasteiger partial charge in [0.1, 0.15) is 17.1 Å². The van der Waals surface area contributed by atoms with E-state index in [1.165, 1.54) is 6.21 Å².